The molecule has 0 radical (unpaired) electrons. The summed E-state index contributed by atoms with van der Waals surface area (Å²) in [4.78, 5) is 24.2. The van der Waals surface area contributed by atoms with Crippen LogP contribution in [0.2, 0.25) is 0 Å². The number of carbonyl (C=O) groups is 2. The quantitative estimate of drug-likeness (QED) is 0.754. The third kappa shape index (κ3) is 3.79. The number of carbonyl (C=O) groups excluding carboxylic acids is 2. The van der Waals surface area contributed by atoms with Gasteiger partial charge in [-0.2, -0.15) is 0 Å². The summed E-state index contributed by atoms with van der Waals surface area (Å²) in [5.74, 6) is 0.0220. The molecular weight excluding hydrogens is 348 g/mol. The summed E-state index contributed by atoms with van der Waals surface area (Å²) in [6.45, 7) is 0.914. The van der Waals surface area contributed by atoms with Crippen LogP contribution in [-0.2, 0) is 19.1 Å². The summed E-state index contributed by atoms with van der Waals surface area (Å²) < 4.78 is 16.6. The van der Waals surface area contributed by atoms with Crippen molar-refractivity contribution >= 4 is 11.8 Å². The zero-order chi connectivity index (χ0) is 18.6. The molecule has 2 amide bonds. The largest absolute Gasteiger partial charge is 0.484 e. The van der Waals surface area contributed by atoms with Crippen LogP contribution in [0, 0.1) is 0 Å². The van der Waals surface area contributed by atoms with Gasteiger partial charge in [-0.3, -0.25) is 9.59 Å². The number of hydrogen-bond donors (Lipinski definition) is 2. The number of benzene rings is 2. The average molecular weight is 368 g/mol. The maximum Gasteiger partial charge on any atom is 0.258 e. The number of para-hydroxylation sites is 1. The van der Waals surface area contributed by atoms with Crippen LogP contribution in [0.4, 0.5) is 0 Å². The molecule has 4 rings (SSSR count). The monoisotopic (exact) mass is 368 g/mol. The van der Waals surface area contributed by atoms with Gasteiger partial charge in [0.2, 0.25) is 5.91 Å². The van der Waals surface area contributed by atoms with E-state index in [0.717, 1.165) is 11.1 Å². The minimum Gasteiger partial charge on any atom is -0.484 e. The summed E-state index contributed by atoms with van der Waals surface area (Å²) in [6, 6.07) is 15.7. The van der Waals surface area contributed by atoms with Gasteiger partial charge < -0.3 is 24.8 Å². The predicted octanol–water partition coefficient (Wildman–Crippen LogP) is 1.47. The van der Waals surface area contributed by atoms with E-state index in [1.54, 1.807) is 12.1 Å². The molecule has 27 heavy (non-hydrogen) atoms. The SMILES string of the molecule is O=C(COc1ccccc1)NC1C(=O)NC1c1ccccc1C1OCCO1. The summed E-state index contributed by atoms with van der Waals surface area (Å²) in [5, 5.41) is 5.59. The molecule has 2 aliphatic rings. The van der Waals surface area contributed by atoms with Crippen LogP contribution >= 0.6 is 0 Å². The Bertz CT molecular complexity index is 820. The Morgan fingerprint density at radius 3 is 2.41 bits per heavy atom. The van der Waals surface area contributed by atoms with E-state index in [9.17, 15) is 9.59 Å². The standard InChI is InChI=1S/C20H20N2O5/c23-16(12-27-13-6-2-1-3-7-13)21-18-17(22-19(18)24)14-8-4-5-9-15(14)20-25-10-11-26-20/h1-9,17-18,20H,10-12H2,(H,21,23)(H,22,24). The highest BCUT2D eigenvalue weighted by Crippen LogP contribution is 2.34. The van der Waals surface area contributed by atoms with E-state index in [2.05, 4.69) is 10.6 Å². The van der Waals surface area contributed by atoms with Gasteiger partial charge in [0.1, 0.15) is 11.8 Å². The number of amides is 2. The summed E-state index contributed by atoms with van der Waals surface area (Å²) in [7, 11) is 0. The Kier molecular flexibility index (Phi) is 5.04. The Labute approximate surface area is 156 Å². The van der Waals surface area contributed by atoms with Gasteiger partial charge in [0, 0.05) is 5.56 Å². The van der Waals surface area contributed by atoms with Crippen molar-refractivity contribution in [2.75, 3.05) is 19.8 Å². The van der Waals surface area contributed by atoms with E-state index in [0.29, 0.717) is 19.0 Å². The average Bonchev–Trinajstić information content (AvgIpc) is 3.24. The molecule has 0 bridgehead atoms. The van der Waals surface area contributed by atoms with Crippen molar-refractivity contribution in [1.29, 1.82) is 0 Å². The molecule has 2 aromatic rings. The highest BCUT2D eigenvalue weighted by Gasteiger charge is 2.43. The van der Waals surface area contributed by atoms with Crippen molar-refractivity contribution < 1.29 is 23.8 Å². The van der Waals surface area contributed by atoms with E-state index in [-0.39, 0.29) is 24.5 Å². The van der Waals surface area contributed by atoms with Gasteiger partial charge in [-0.1, -0.05) is 42.5 Å². The molecule has 2 fully saturated rings. The van der Waals surface area contributed by atoms with Crippen LogP contribution in [0.3, 0.4) is 0 Å². The van der Waals surface area contributed by atoms with Crippen molar-refractivity contribution in [3.8, 4) is 5.75 Å². The van der Waals surface area contributed by atoms with Gasteiger partial charge in [-0.15, -0.1) is 0 Å². The molecule has 2 aromatic carbocycles. The zero-order valence-corrected chi connectivity index (χ0v) is 14.6. The maximum atomic E-state index is 12.2. The van der Waals surface area contributed by atoms with Gasteiger partial charge >= 0.3 is 0 Å². The number of ether oxygens (including phenoxy) is 3. The van der Waals surface area contributed by atoms with Gasteiger partial charge in [0.15, 0.2) is 12.9 Å². The Morgan fingerprint density at radius 2 is 1.70 bits per heavy atom. The number of hydrogen-bond acceptors (Lipinski definition) is 5. The number of β-lactam (4-membered cyclic amide) rings is 1. The molecule has 0 aliphatic carbocycles. The van der Waals surface area contributed by atoms with Crippen LogP contribution < -0.4 is 15.4 Å². The van der Waals surface area contributed by atoms with Crippen molar-refractivity contribution in [2.45, 2.75) is 18.4 Å². The van der Waals surface area contributed by atoms with Gasteiger partial charge in [-0.25, -0.2) is 0 Å². The first-order valence-corrected chi connectivity index (χ1v) is 8.82. The van der Waals surface area contributed by atoms with Crippen LogP contribution in [0.25, 0.3) is 0 Å². The topological polar surface area (TPSA) is 85.9 Å². The summed E-state index contributed by atoms with van der Waals surface area (Å²) in [6.07, 6.45) is -0.448. The van der Waals surface area contributed by atoms with Crippen LogP contribution in [0.5, 0.6) is 5.75 Å². The van der Waals surface area contributed by atoms with E-state index in [1.807, 2.05) is 42.5 Å². The van der Waals surface area contributed by atoms with Gasteiger partial charge in [-0.05, 0) is 17.7 Å². The number of rotatable bonds is 6. The Balaban J connectivity index is 1.41. The van der Waals surface area contributed by atoms with Crippen molar-refractivity contribution in [2.24, 2.45) is 0 Å². The highest BCUT2D eigenvalue weighted by molar-refractivity contribution is 5.94. The molecule has 7 nitrogen and oxygen atoms in total. The second-order valence-corrected chi connectivity index (χ2v) is 6.34. The van der Waals surface area contributed by atoms with Gasteiger partial charge in [0.25, 0.3) is 5.91 Å². The minimum atomic E-state index is -0.653. The molecule has 2 unspecified atom stereocenters. The van der Waals surface area contributed by atoms with Crippen molar-refractivity contribution in [3.05, 3.63) is 65.7 Å². The van der Waals surface area contributed by atoms with E-state index in [1.165, 1.54) is 0 Å². The van der Waals surface area contributed by atoms with E-state index in [4.69, 9.17) is 14.2 Å². The summed E-state index contributed by atoms with van der Waals surface area (Å²) >= 11 is 0. The molecule has 0 saturated carbocycles. The molecule has 0 spiro atoms. The molecule has 0 aromatic heterocycles. The molecule has 2 atom stereocenters. The molecule has 2 saturated heterocycles. The molecule has 7 heteroatoms. The molecule has 2 N–H and O–H groups in total. The molecule has 2 heterocycles. The first-order chi connectivity index (χ1) is 13.2. The van der Waals surface area contributed by atoms with E-state index >= 15 is 0 Å². The second-order valence-electron chi connectivity index (χ2n) is 6.34. The highest BCUT2D eigenvalue weighted by atomic mass is 16.7. The summed E-state index contributed by atoms with van der Waals surface area (Å²) in [5.41, 5.74) is 1.73. The second kappa shape index (κ2) is 7.77. The zero-order valence-electron chi connectivity index (χ0n) is 14.6. The first-order valence-electron chi connectivity index (χ1n) is 8.82. The molecule has 2 aliphatic heterocycles. The van der Waals surface area contributed by atoms with E-state index < -0.39 is 12.3 Å². The lowest BCUT2D eigenvalue weighted by molar-refractivity contribution is -0.137. The lowest BCUT2D eigenvalue weighted by atomic mass is 9.88. The third-order valence-corrected chi connectivity index (χ3v) is 4.55. The van der Waals surface area contributed by atoms with Gasteiger partial charge in [0.05, 0.1) is 19.3 Å². The minimum absolute atomic E-state index is 0.156. The van der Waals surface area contributed by atoms with Crippen LogP contribution in [0.1, 0.15) is 23.5 Å². The van der Waals surface area contributed by atoms with Crippen LogP contribution in [0.15, 0.2) is 54.6 Å². The normalized spacial score (nSPS) is 22.0. The van der Waals surface area contributed by atoms with Crippen molar-refractivity contribution in [3.63, 3.8) is 0 Å². The smallest absolute Gasteiger partial charge is 0.258 e. The Hall–Kier alpha value is -2.90. The third-order valence-electron chi connectivity index (χ3n) is 4.55. The maximum absolute atomic E-state index is 12.2. The fraction of sp³-hybridized carbons (Fsp3) is 0.300. The predicted molar refractivity (Wildman–Crippen MR) is 95.8 cm³/mol. The Morgan fingerprint density at radius 1 is 1.04 bits per heavy atom. The first kappa shape index (κ1) is 17.5. The fourth-order valence-corrected chi connectivity index (χ4v) is 3.22. The lowest BCUT2D eigenvalue weighted by Gasteiger charge is -2.38. The lowest BCUT2D eigenvalue weighted by Crippen LogP contribution is -2.64. The van der Waals surface area contributed by atoms with Crippen LogP contribution in [-0.4, -0.2) is 37.7 Å². The fourth-order valence-electron chi connectivity index (χ4n) is 3.22. The molecule has 140 valence electrons. The van der Waals surface area contributed by atoms with Crippen molar-refractivity contribution in [1.82, 2.24) is 10.6 Å². The number of nitrogens with one attached hydrogen (secondary N) is 2. The molecular formula is C20H20N2O5.